The molecular weight excluding hydrogens is 321 g/mol. The van der Waals surface area contributed by atoms with Gasteiger partial charge in [-0.05, 0) is 48.7 Å². The molecule has 4 nitrogen and oxygen atoms in total. The topological polar surface area (TPSA) is 47.6 Å². The molecule has 0 bridgehead atoms. The second kappa shape index (κ2) is 9.06. The molecule has 134 valence electrons. The summed E-state index contributed by atoms with van der Waals surface area (Å²) in [6.45, 7) is 6.52. The number of carbonyl (C=O) groups excluding carboxylic acids is 1. The fraction of sp³-hybridized carbons (Fsp3) is 0.350. The molecule has 25 heavy (non-hydrogen) atoms. The third kappa shape index (κ3) is 5.78. The van der Waals surface area contributed by atoms with E-state index in [0.717, 1.165) is 11.3 Å². The van der Waals surface area contributed by atoms with Gasteiger partial charge >= 0.3 is 0 Å². The first-order valence-corrected chi connectivity index (χ1v) is 8.39. The number of para-hydroxylation sites is 1. The second-order valence-electron chi connectivity index (χ2n) is 6.05. The fourth-order valence-electron chi connectivity index (χ4n) is 2.33. The number of rotatable bonds is 8. The van der Waals surface area contributed by atoms with Crippen molar-refractivity contribution in [1.29, 1.82) is 0 Å². The van der Waals surface area contributed by atoms with Gasteiger partial charge in [-0.2, -0.15) is 0 Å². The summed E-state index contributed by atoms with van der Waals surface area (Å²) in [5.41, 5.74) is 1.07. The molecule has 0 spiro atoms. The molecule has 1 atom stereocenters. The third-order valence-electron chi connectivity index (χ3n) is 3.70. The van der Waals surface area contributed by atoms with Gasteiger partial charge in [-0.15, -0.1) is 0 Å². The summed E-state index contributed by atoms with van der Waals surface area (Å²) in [7, 11) is 0. The van der Waals surface area contributed by atoms with Crippen molar-refractivity contribution in [3.05, 3.63) is 59.9 Å². The van der Waals surface area contributed by atoms with E-state index in [1.54, 1.807) is 19.1 Å². The molecular formula is C20H24FNO3. The van der Waals surface area contributed by atoms with Crippen LogP contribution in [-0.4, -0.2) is 25.2 Å². The Hall–Kier alpha value is -2.56. The maximum absolute atomic E-state index is 12.8. The Bertz CT molecular complexity index is 686. The van der Waals surface area contributed by atoms with E-state index in [1.807, 2.05) is 24.3 Å². The summed E-state index contributed by atoms with van der Waals surface area (Å²) >= 11 is 0. The van der Waals surface area contributed by atoms with Crippen molar-refractivity contribution < 1.29 is 18.7 Å². The number of carbonyl (C=O) groups is 1. The smallest absolute Gasteiger partial charge is 0.260 e. The molecule has 1 N–H and O–H groups in total. The summed E-state index contributed by atoms with van der Waals surface area (Å²) < 4.78 is 24.0. The Labute approximate surface area is 148 Å². The fourth-order valence-corrected chi connectivity index (χ4v) is 2.33. The van der Waals surface area contributed by atoms with Crippen LogP contribution in [0.3, 0.4) is 0 Å². The molecule has 0 heterocycles. The van der Waals surface area contributed by atoms with Crippen LogP contribution in [0.1, 0.15) is 32.3 Å². The number of hydrogen-bond donors (Lipinski definition) is 1. The van der Waals surface area contributed by atoms with Crippen molar-refractivity contribution in [3.63, 3.8) is 0 Å². The second-order valence-corrected chi connectivity index (χ2v) is 6.05. The summed E-state index contributed by atoms with van der Waals surface area (Å²) in [4.78, 5) is 12.1. The van der Waals surface area contributed by atoms with Gasteiger partial charge in [-0.25, -0.2) is 4.39 Å². The minimum Gasteiger partial charge on any atom is -0.492 e. The van der Waals surface area contributed by atoms with Crippen LogP contribution in [0.5, 0.6) is 11.5 Å². The van der Waals surface area contributed by atoms with Crippen LogP contribution in [0.2, 0.25) is 0 Å². The number of benzene rings is 2. The monoisotopic (exact) mass is 345 g/mol. The van der Waals surface area contributed by atoms with E-state index in [1.165, 1.54) is 12.1 Å². The van der Waals surface area contributed by atoms with Crippen LogP contribution >= 0.6 is 0 Å². The Morgan fingerprint density at radius 3 is 2.44 bits per heavy atom. The standard InChI is InChI=1S/C20H24FNO3/c1-14(2)18-6-4-5-7-19(18)25-15(3)20(23)22-12-13-24-17-10-8-16(21)9-11-17/h4-11,14-15H,12-13H2,1-3H3,(H,22,23)/t15-/m0/s1. The molecule has 0 unspecified atom stereocenters. The molecule has 2 aromatic rings. The Morgan fingerprint density at radius 2 is 1.76 bits per heavy atom. The molecule has 5 heteroatoms. The quantitative estimate of drug-likeness (QED) is 0.738. The lowest BCUT2D eigenvalue weighted by Gasteiger charge is -2.18. The Balaban J connectivity index is 1.78. The molecule has 0 aliphatic carbocycles. The molecule has 0 saturated carbocycles. The van der Waals surface area contributed by atoms with Crippen LogP contribution < -0.4 is 14.8 Å². The Kier molecular flexibility index (Phi) is 6.81. The molecule has 0 radical (unpaired) electrons. The van der Waals surface area contributed by atoms with E-state index < -0.39 is 6.10 Å². The summed E-state index contributed by atoms with van der Waals surface area (Å²) in [6.07, 6.45) is -0.606. The summed E-state index contributed by atoms with van der Waals surface area (Å²) in [5.74, 6) is 1.08. The predicted molar refractivity (Wildman–Crippen MR) is 95.5 cm³/mol. The van der Waals surface area contributed by atoms with Gasteiger partial charge in [-0.3, -0.25) is 4.79 Å². The lowest BCUT2D eigenvalue weighted by atomic mass is 10.0. The van der Waals surface area contributed by atoms with Gasteiger partial charge in [0.2, 0.25) is 0 Å². The zero-order chi connectivity index (χ0) is 18.2. The molecule has 2 rings (SSSR count). The maximum atomic E-state index is 12.8. The van der Waals surface area contributed by atoms with Crippen LogP contribution in [0.25, 0.3) is 0 Å². The van der Waals surface area contributed by atoms with Crippen molar-refractivity contribution in [2.24, 2.45) is 0 Å². The molecule has 0 aliphatic rings. The SMILES string of the molecule is CC(C)c1ccccc1O[C@@H](C)C(=O)NCCOc1ccc(F)cc1. The van der Waals surface area contributed by atoms with Crippen LogP contribution in [0.4, 0.5) is 4.39 Å². The number of hydrogen-bond acceptors (Lipinski definition) is 3. The van der Waals surface area contributed by atoms with Crippen molar-refractivity contribution in [1.82, 2.24) is 5.32 Å². The van der Waals surface area contributed by atoms with Gasteiger partial charge in [-0.1, -0.05) is 32.0 Å². The van der Waals surface area contributed by atoms with Gasteiger partial charge in [0, 0.05) is 0 Å². The van der Waals surface area contributed by atoms with E-state index in [0.29, 0.717) is 24.8 Å². The lowest BCUT2D eigenvalue weighted by molar-refractivity contribution is -0.127. The van der Waals surface area contributed by atoms with E-state index in [9.17, 15) is 9.18 Å². The average Bonchev–Trinajstić information content (AvgIpc) is 2.60. The molecule has 1 amide bonds. The largest absolute Gasteiger partial charge is 0.492 e. The predicted octanol–water partition coefficient (Wildman–Crippen LogP) is 3.91. The molecule has 0 aromatic heterocycles. The van der Waals surface area contributed by atoms with Crippen LogP contribution in [-0.2, 0) is 4.79 Å². The summed E-state index contributed by atoms with van der Waals surface area (Å²) in [5, 5.41) is 2.77. The van der Waals surface area contributed by atoms with E-state index in [4.69, 9.17) is 9.47 Å². The van der Waals surface area contributed by atoms with Crippen molar-refractivity contribution in [3.8, 4) is 11.5 Å². The molecule has 0 saturated heterocycles. The van der Waals surface area contributed by atoms with E-state index >= 15 is 0 Å². The highest BCUT2D eigenvalue weighted by Crippen LogP contribution is 2.26. The molecule has 2 aromatic carbocycles. The number of amides is 1. The first kappa shape index (κ1) is 18.8. The minimum atomic E-state index is -0.606. The highest BCUT2D eigenvalue weighted by Gasteiger charge is 2.16. The minimum absolute atomic E-state index is 0.207. The van der Waals surface area contributed by atoms with Crippen LogP contribution in [0, 0.1) is 5.82 Å². The normalized spacial score (nSPS) is 11.9. The van der Waals surface area contributed by atoms with Crippen LogP contribution in [0.15, 0.2) is 48.5 Å². The van der Waals surface area contributed by atoms with Gasteiger partial charge < -0.3 is 14.8 Å². The Morgan fingerprint density at radius 1 is 1.08 bits per heavy atom. The lowest BCUT2D eigenvalue weighted by Crippen LogP contribution is -2.38. The van der Waals surface area contributed by atoms with Gasteiger partial charge in [0.25, 0.3) is 5.91 Å². The zero-order valence-corrected chi connectivity index (χ0v) is 14.8. The molecule has 0 aliphatic heterocycles. The number of nitrogens with one attached hydrogen (secondary N) is 1. The van der Waals surface area contributed by atoms with E-state index in [-0.39, 0.29) is 11.7 Å². The summed E-state index contributed by atoms with van der Waals surface area (Å²) in [6, 6.07) is 13.5. The number of ether oxygens (including phenoxy) is 2. The van der Waals surface area contributed by atoms with Crippen molar-refractivity contribution >= 4 is 5.91 Å². The highest BCUT2D eigenvalue weighted by molar-refractivity contribution is 5.80. The van der Waals surface area contributed by atoms with Gasteiger partial charge in [0.1, 0.15) is 23.9 Å². The number of halogens is 1. The van der Waals surface area contributed by atoms with Crippen molar-refractivity contribution in [2.75, 3.05) is 13.2 Å². The maximum Gasteiger partial charge on any atom is 0.260 e. The first-order chi connectivity index (χ1) is 12.0. The van der Waals surface area contributed by atoms with Gasteiger partial charge in [0.15, 0.2) is 6.10 Å². The van der Waals surface area contributed by atoms with Gasteiger partial charge in [0.05, 0.1) is 6.54 Å². The third-order valence-corrected chi connectivity index (χ3v) is 3.70. The zero-order valence-electron chi connectivity index (χ0n) is 14.8. The first-order valence-electron chi connectivity index (χ1n) is 8.39. The molecule has 0 fully saturated rings. The van der Waals surface area contributed by atoms with Crippen molar-refractivity contribution in [2.45, 2.75) is 32.8 Å². The van der Waals surface area contributed by atoms with E-state index in [2.05, 4.69) is 19.2 Å². The average molecular weight is 345 g/mol. The highest BCUT2D eigenvalue weighted by atomic mass is 19.1.